The molecule has 0 unspecified atom stereocenters. The number of thioether (sulfide) groups is 1. The van der Waals surface area contributed by atoms with Gasteiger partial charge in [-0.05, 0) is 53.6 Å². The lowest BCUT2D eigenvalue weighted by Crippen LogP contribution is -2.19. The quantitative estimate of drug-likeness (QED) is 0.198. The van der Waals surface area contributed by atoms with Crippen LogP contribution in [0.1, 0.15) is 11.1 Å². The molecule has 1 heterocycles. The zero-order valence-electron chi connectivity index (χ0n) is 17.7. The standard InChI is InChI=1S/C24H20ClN3O4S/c1-30-22-12-17(8-11-21(22)31-14-16-6-9-18(25)10-7-16)13-26-28-23(29)15-33-24-27-19-4-2-3-5-20(19)32-24/h2-13H,14-15H2,1H3,(H,28,29)/b26-13+. The first kappa shape index (κ1) is 22.7. The summed E-state index contributed by atoms with van der Waals surface area (Å²) in [5.74, 6) is 1.02. The van der Waals surface area contributed by atoms with Crippen LogP contribution in [0.25, 0.3) is 11.1 Å². The average molecular weight is 482 g/mol. The van der Waals surface area contributed by atoms with Gasteiger partial charge in [0.25, 0.3) is 11.1 Å². The molecule has 0 bridgehead atoms. The van der Waals surface area contributed by atoms with Crippen molar-refractivity contribution < 1.29 is 18.7 Å². The van der Waals surface area contributed by atoms with Gasteiger partial charge in [-0.1, -0.05) is 47.6 Å². The molecule has 0 aliphatic heterocycles. The molecule has 3 aromatic carbocycles. The summed E-state index contributed by atoms with van der Waals surface area (Å²) in [6.45, 7) is 0.384. The molecule has 4 aromatic rings. The molecule has 1 aromatic heterocycles. The van der Waals surface area contributed by atoms with Crippen molar-refractivity contribution in [2.24, 2.45) is 5.10 Å². The molecule has 0 aliphatic carbocycles. The lowest BCUT2D eigenvalue weighted by Gasteiger charge is -2.11. The first-order valence-electron chi connectivity index (χ1n) is 9.96. The zero-order valence-corrected chi connectivity index (χ0v) is 19.2. The second-order valence-corrected chi connectivity index (χ2v) is 8.22. The largest absolute Gasteiger partial charge is 0.493 e. The van der Waals surface area contributed by atoms with E-state index in [1.165, 1.54) is 18.0 Å². The van der Waals surface area contributed by atoms with Gasteiger partial charge in [-0.15, -0.1) is 0 Å². The number of nitrogens with zero attached hydrogens (tertiary/aromatic N) is 2. The first-order valence-corrected chi connectivity index (χ1v) is 11.3. The monoisotopic (exact) mass is 481 g/mol. The Balaban J connectivity index is 1.28. The fourth-order valence-corrected chi connectivity index (χ4v) is 3.63. The lowest BCUT2D eigenvalue weighted by molar-refractivity contribution is -0.118. The van der Waals surface area contributed by atoms with Crippen LogP contribution in [0.3, 0.4) is 0 Å². The molecule has 4 rings (SSSR count). The average Bonchev–Trinajstić information content (AvgIpc) is 3.26. The molecule has 1 N–H and O–H groups in total. The molecule has 0 fully saturated rings. The maximum Gasteiger partial charge on any atom is 0.257 e. The molecule has 0 saturated heterocycles. The number of hydrogen-bond donors (Lipinski definition) is 1. The van der Waals surface area contributed by atoms with E-state index in [2.05, 4.69) is 15.5 Å². The predicted octanol–water partition coefficient (Wildman–Crippen LogP) is 5.31. The summed E-state index contributed by atoms with van der Waals surface area (Å²) in [6, 6.07) is 20.3. The Kier molecular flexibility index (Phi) is 7.49. The third-order valence-corrected chi connectivity index (χ3v) is 5.58. The maximum atomic E-state index is 12.1. The van der Waals surface area contributed by atoms with Gasteiger partial charge in [0.1, 0.15) is 12.1 Å². The van der Waals surface area contributed by atoms with E-state index in [1.807, 2.05) is 54.6 Å². The number of para-hydroxylation sites is 2. The van der Waals surface area contributed by atoms with Gasteiger partial charge in [0.15, 0.2) is 17.1 Å². The van der Waals surface area contributed by atoms with Gasteiger partial charge in [-0.3, -0.25) is 4.79 Å². The lowest BCUT2D eigenvalue weighted by atomic mass is 10.2. The third kappa shape index (κ3) is 6.27. The minimum Gasteiger partial charge on any atom is -0.493 e. The number of oxazole rings is 1. The minimum absolute atomic E-state index is 0.130. The molecule has 0 saturated carbocycles. The van der Waals surface area contributed by atoms with Crippen molar-refractivity contribution in [3.8, 4) is 11.5 Å². The van der Waals surface area contributed by atoms with Crippen LogP contribution >= 0.6 is 23.4 Å². The fourth-order valence-electron chi connectivity index (χ4n) is 2.88. The number of hydrogen-bond acceptors (Lipinski definition) is 7. The Bertz CT molecular complexity index is 1240. The number of methoxy groups -OCH3 is 1. The van der Waals surface area contributed by atoms with E-state index in [4.69, 9.17) is 25.5 Å². The number of ether oxygens (including phenoxy) is 2. The number of hydrazone groups is 1. The Morgan fingerprint density at radius 3 is 2.76 bits per heavy atom. The summed E-state index contributed by atoms with van der Waals surface area (Å²) in [4.78, 5) is 16.4. The number of halogens is 1. The maximum absolute atomic E-state index is 12.1. The molecular weight excluding hydrogens is 462 g/mol. The molecule has 0 aliphatic rings. The Hall–Kier alpha value is -3.49. The number of fused-ring (bicyclic) bond motifs is 1. The molecule has 0 atom stereocenters. The van der Waals surface area contributed by atoms with Gasteiger partial charge in [0, 0.05) is 5.02 Å². The smallest absolute Gasteiger partial charge is 0.257 e. The molecular formula is C24H20ClN3O4S. The highest BCUT2D eigenvalue weighted by Crippen LogP contribution is 2.28. The number of amides is 1. The van der Waals surface area contributed by atoms with Crippen molar-refractivity contribution in [3.63, 3.8) is 0 Å². The van der Waals surface area contributed by atoms with E-state index in [0.29, 0.717) is 33.9 Å². The third-order valence-electron chi connectivity index (χ3n) is 4.50. The van der Waals surface area contributed by atoms with Gasteiger partial charge in [-0.2, -0.15) is 5.10 Å². The van der Waals surface area contributed by atoms with Gasteiger partial charge < -0.3 is 13.9 Å². The topological polar surface area (TPSA) is 86.0 Å². The summed E-state index contributed by atoms with van der Waals surface area (Å²) in [6.07, 6.45) is 1.54. The number of rotatable bonds is 9. The summed E-state index contributed by atoms with van der Waals surface area (Å²) in [5, 5.41) is 5.12. The molecule has 0 radical (unpaired) electrons. The van der Waals surface area contributed by atoms with E-state index in [0.717, 1.165) is 16.6 Å². The molecule has 9 heteroatoms. The van der Waals surface area contributed by atoms with Crippen LogP contribution in [0.4, 0.5) is 0 Å². The van der Waals surface area contributed by atoms with Gasteiger partial charge >= 0.3 is 0 Å². The normalized spacial score (nSPS) is 11.1. The van der Waals surface area contributed by atoms with Crippen molar-refractivity contribution in [1.82, 2.24) is 10.4 Å². The second kappa shape index (κ2) is 10.9. The Morgan fingerprint density at radius 1 is 1.15 bits per heavy atom. The van der Waals surface area contributed by atoms with Crippen molar-refractivity contribution in [3.05, 3.63) is 82.9 Å². The van der Waals surface area contributed by atoms with Gasteiger partial charge in [0.2, 0.25) is 0 Å². The highest BCUT2D eigenvalue weighted by Gasteiger charge is 2.09. The minimum atomic E-state index is -0.270. The molecule has 7 nitrogen and oxygen atoms in total. The van der Waals surface area contributed by atoms with Crippen LogP contribution in [0.2, 0.25) is 5.02 Å². The number of benzene rings is 3. The summed E-state index contributed by atoms with van der Waals surface area (Å²) in [5.41, 5.74) is 5.68. The molecule has 1 amide bonds. The highest BCUT2D eigenvalue weighted by atomic mass is 35.5. The summed E-state index contributed by atoms with van der Waals surface area (Å²) in [7, 11) is 1.57. The number of carbonyl (C=O) groups excluding carboxylic acids is 1. The van der Waals surface area contributed by atoms with Crippen LogP contribution < -0.4 is 14.9 Å². The summed E-state index contributed by atoms with van der Waals surface area (Å²) < 4.78 is 16.8. The van der Waals surface area contributed by atoms with Crippen molar-refractivity contribution in [2.75, 3.05) is 12.9 Å². The van der Waals surface area contributed by atoms with Gasteiger partial charge in [-0.25, -0.2) is 10.4 Å². The Morgan fingerprint density at radius 2 is 1.97 bits per heavy atom. The number of nitrogens with one attached hydrogen (secondary N) is 1. The van der Waals surface area contributed by atoms with E-state index in [9.17, 15) is 4.79 Å². The SMILES string of the molecule is COc1cc(/C=N/NC(=O)CSc2nc3ccccc3o2)ccc1OCc1ccc(Cl)cc1. The fraction of sp³-hybridized carbons (Fsp3) is 0.125. The van der Waals surface area contributed by atoms with Crippen LogP contribution in [0.15, 0.2) is 81.5 Å². The number of carbonyl (C=O) groups is 1. The number of aromatic nitrogens is 1. The molecule has 0 spiro atoms. The van der Waals surface area contributed by atoms with Crippen molar-refractivity contribution >= 4 is 46.6 Å². The van der Waals surface area contributed by atoms with E-state index in [-0.39, 0.29) is 11.7 Å². The molecule has 33 heavy (non-hydrogen) atoms. The van der Waals surface area contributed by atoms with Crippen LogP contribution in [-0.2, 0) is 11.4 Å². The van der Waals surface area contributed by atoms with Crippen LogP contribution in [-0.4, -0.2) is 30.0 Å². The highest BCUT2D eigenvalue weighted by molar-refractivity contribution is 7.99. The summed E-state index contributed by atoms with van der Waals surface area (Å²) >= 11 is 7.11. The second-order valence-electron chi connectivity index (χ2n) is 6.85. The van der Waals surface area contributed by atoms with E-state index < -0.39 is 0 Å². The van der Waals surface area contributed by atoms with Gasteiger partial charge in [0.05, 0.1) is 19.1 Å². The molecule has 168 valence electrons. The van der Waals surface area contributed by atoms with E-state index in [1.54, 1.807) is 19.2 Å². The Labute approximate surface area is 199 Å². The predicted molar refractivity (Wildman–Crippen MR) is 129 cm³/mol. The van der Waals surface area contributed by atoms with Crippen molar-refractivity contribution in [1.29, 1.82) is 0 Å². The van der Waals surface area contributed by atoms with Crippen LogP contribution in [0, 0.1) is 0 Å². The van der Waals surface area contributed by atoms with Crippen molar-refractivity contribution in [2.45, 2.75) is 11.8 Å². The first-order chi connectivity index (χ1) is 16.1. The zero-order chi connectivity index (χ0) is 23.0. The van der Waals surface area contributed by atoms with Crippen LogP contribution in [0.5, 0.6) is 11.5 Å². The van der Waals surface area contributed by atoms with E-state index >= 15 is 0 Å².